The van der Waals surface area contributed by atoms with Crippen LogP contribution in [0.3, 0.4) is 0 Å². The molecule has 18 heavy (non-hydrogen) atoms. The minimum absolute atomic E-state index is 0.864. The predicted molar refractivity (Wildman–Crippen MR) is 78.9 cm³/mol. The van der Waals surface area contributed by atoms with Gasteiger partial charge in [-0.15, -0.1) is 0 Å². The van der Waals surface area contributed by atoms with Gasteiger partial charge in [0.2, 0.25) is 0 Å². The zero-order chi connectivity index (χ0) is 12.8. The van der Waals surface area contributed by atoms with Crippen LogP contribution in [0, 0.1) is 5.92 Å². The first-order chi connectivity index (χ1) is 8.86. The van der Waals surface area contributed by atoms with Gasteiger partial charge in [0.25, 0.3) is 0 Å². The van der Waals surface area contributed by atoms with Crippen LogP contribution in [0.15, 0.2) is 0 Å². The molecule has 1 saturated carbocycles. The van der Waals surface area contributed by atoms with Crippen LogP contribution in [0.4, 0.5) is 0 Å². The van der Waals surface area contributed by atoms with Crippen LogP contribution >= 0.6 is 0 Å². The Balaban J connectivity index is 1.97. The first-order valence-electron chi connectivity index (χ1n) is 8.27. The highest BCUT2D eigenvalue weighted by Gasteiger charge is 2.33. The molecule has 0 radical (unpaired) electrons. The van der Waals surface area contributed by atoms with Gasteiger partial charge in [0, 0.05) is 12.1 Å². The van der Waals surface area contributed by atoms with E-state index in [-0.39, 0.29) is 0 Å². The van der Waals surface area contributed by atoms with Crippen molar-refractivity contribution in [3.05, 3.63) is 0 Å². The van der Waals surface area contributed by atoms with Crippen molar-refractivity contribution < 1.29 is 0 Å². The third kappa shape index (κ3) is 3.48. The zero-order valence-corrected chi connectivity index (χ0v) is 12.5. The largest absolute Gasteiger partial charge is 0.320 e. The first-order valence-corrected chi connectivity index (χ1v) is 8.27. The second-order valence-electron chi connectivity index (χ2n) is 6.30. The fraction of sp³-hybridized carbons (Fsp3) is 1.00. The summed E-state index contributed by atoms with van der Waals surface area (Å²) in [7, 11) is 2.09. The maximum absolute atomic E-state index is 3.34. The average molecular weight is 252 g/mol. The fourth-order valence-corrected chi connectivity index (χ4v) is 4.18. The van der Waals surface area contributed by atoms with Crippen molar-refractivity contribution in [3.63, 3.8) is 0 Å². The highest BCUT2D eigenvalue weighted by molar-refractivity contribution is 4.88. The van der Waals surface area contributed by atoms with E-state index in [4.69, 9.17) is 0 Å². The average Bonchev–Trinajstić information content (AvgIpc) is 2.45. The lowest BCUT2D eigenvalue weighted by Gasteiger charge is -2.46. The van der Waals surface area contributed by atoms with E-state index in [1.807, 2.05) is 0 Å². The van der Waals surface area contributed by atoms with Gasteiger partial charge in [0.15, 0.2) is 0 Å². The molecule has 0 aromatic carbocycles. The predicted octanol–water partition coefficient (Wildman–Crippen LogP) is 3.42. The van der Waals surface area contributed by atoms with Gasteiger partial charge in [-0.05, 0) is 58.2 Å². The first kappa shape index (κ1) is 14.3. The van der Waals surface area contributed by atoms with Gasteiger partial charge in [-0.1, -0.05) is 32.6 Å². The molecular formula is C16H32N2. The van der Waals surface area contributed by atoms with E-state index in [0.29, 0.717) is 0 Å². The van der Waals surface area contributed by atoms with Crippen LogP contribution in [0.25, 0.3) is 0 Å². The quantitative estimate of drug-likeness (QED) is 0.806. The van der Waals surface area contributed by atoms with Gasteiger partial charge in [0.1, 0.15) is 0 Å². The molecular weight excluding hydrogens is 220 g/mol. The molecule has 1 N–H and O–H groups in total. The number of rotatable bonds is 5. The summed E-state index contributed by atoms with van der Waals surface area (Å²) in [5.41, 5.74) is 0. The zero-order valence-electron chi connectivity index (χ0n) is 12.5. The van der Waals surface area contributed by atoms with Gasteiger partial charge < -0.3 is 5.32 Å². The summed E-state index contributed by atoms with van der Waals surface area (Å²) < 4.78 is 0. The number of hydrogen-bond donors (Lipinski definition) is 1. The SMILES string of the molecule is CCC1CCCCC1N1CCCCC1CCNC. The van der Waals surface area contributed by atoms with Gasteiger partial charge in [-0.3, -0.25) is 4.90 Å². The molecule has 0 aromatic heterocycles. The lowest BCUT2D eigenvalue weighted by molar-refractivity contribution is 0.0339. The van der Waals surface area contributed by atoms with Crippen molar-refractivity contribution in [2.75, 3.05) is 20.1 Å². The van der Waals surface area contributed by atoms with Crippen LogP contribution in [0.2, 0.25) is 0 Å². The molecule has 0 bridgehead atoms. The van der Waals surface area contributed by atoms with Crippen molar-refractivity contribution in [2.24, 2.45) is 5.92 Å². The molecule has 3 unspecified atom stereocenters. The molecule has 106 valence electrons. The van der Waals surface area contributed by atoms with Gasteiger partial charge in [-0.2, -0.15) is 0 Å². The summed E-state index contributed by atoms with van der Waals surface area (Å²) in [5, 5.41) is 3.34. The minimum Gasteiger partial charge on any atom is -0.320 e. The van der Waals surface area contributed by atoms with E-state index < -0.39 is 0 Å². The van der Waals surface area contributed by atoms with Crippen molar-refractivity contribution in [1.82, 2.24) is 10.2 Å². The maximum Gasteiger partial charge on any atom is 0.0126 e. The van der Waals surface area contributed by atoms with Crippen LogP contribution in [0.1, 0.15) is 64.7 Å². The molecule has 2 nitrogen and oxygen atoms in total. The molecule has 1 aliphatic carbocycles. The Morgan fingerprint density at radius 1 is 1.06 bits per heavy atom. The van der Waals surface area contributed by atoms with Crippen LogP contribution in [0.5, 0.6) is 0 Å². The van der Waals surface area contributed by atoms with Gasteiger partial charge in [0.05, 0.1) is 0 Å². The highest BCUT2D eigenvalue weighted by Crippen LogP contribution is 2.34. The lowest BCUT2D eigenvalue weighted by atomic mass is 9.80. The van der Waals surface area contributed by atoms with Gasteiger partial charge >= 0.3 is 0 Å². The topological polar surface area (TPSA) is 15.3 Å². The molecule has 2 rings (SSSR count). The van der Waals surface area contributed by atoms with E-state index in [9.17, 15) is 0 Å². The van der Waals surface area contributed by atoms with Crippen molar-refractivity contribution >= 4 is 0 Å². The van der Waals surface area contributed by atoms with Gasteiger partial charge in [-0.25, -0.2) is 0 Å². The third-order valence-electron chi connectivity index (χ3n) is 5.22. The number of piperidine rings is 1. The fourth-order valence-electron chi connectivity index (χ4n) is 4.18. The molecule has 2 aliphatic rings. The normalized spacial score (nSPS) is 34.7. The van der Waals surface area contributed by atoms with E-state index in [1.54, 1.807) is 0 Å². The summed E-state index contributed by atoms with van der Waals surface area (Å²) in [5.74, 6) is 0.980. The van der Waals surface area contributed by atoms with Crippen LogP contribution in [-0.2, 0) is 0 Å². The van der Waals surface area contributed by atoms with Crippen molar-refractivity contribution in [2.45, 2.75) is 76.8 Å². The molecule has 1 saturated heterocycles. The smallest absolute Gasteiger partial charge is 0.0126 e. The number of hydrogen-bond acceptors (Lipinski definition) is 2. The number of nitrogens with zero attached hydrogens (tertiary/aromatic N) is 1. The van der Waals surface area contributed by atoms with E-state index >= 15 is 0 Å². The second kappa shape index (κ2) is 7.49. The van der Waals surface area contributed by atoms with Crippen molar-refractivity contribution in [1.29, 1.82) is 0 Å². The van der Waals surface area contributed by atoms with Crippen LogP contribution < -0.4 is 5.32 Å². The lowest BCUT2D eigenvalue weighted by Crippen LogP contribution is -2.51. The number of nitrogens with one attached hydrogen (secondary N) is 1. The van der Waals surface area contributed by atoms with E-state index in [1.165, 1.54) is 70.9 Å². The Kier molecular flexibility index (Phi) is 5.97. The Labute approximate surface area is 114 Å². The van der Waals surface area contributed by atoms with Crippen LogP contribution in [-0.4, -0.2) is 37.1 Å². The third-order valence-corrected chi connectivity index (χ3v) is 5.22. The minimum atomic E-state index is 0.864. The molecule has 3 atom stereocenters. The maximum atomic E-state index is 3.34. The number of likely N-dealkylation sites (tertiary alicyclic amines) is 1. The monoisotopic (exact) mass is 252 g/mol. The highest BCUT2D eigenvalue weighted by atomic mass is 15.2. The summed E-state index contributed by atoms with van der Waals surface area (Å²) in [6.45, 7) is 4.95. The van der Waals surface area contributed by atoms with E-state index in [0.717, 1.165) is 18.0 Å². The molecule has 1 aliphatic heterocycles. The Bertz CT molecular complexity index is 229. The summed E-state index contributed by atoms with van der Waals surface area (Å²) in [4.78, 5) is 2.91. The van der Waals surface area contributed by atoms with E-state index in [2.05, 4.69) is 24.2 Å². The molecule has 0 aromatic rings. The summed E-state index contributed by atoms with van der Waals surface area (Å²) >= 11 is 0. The Hall–Kier alpha value is -0.0800. The molecule has 0 amide bonds. The second-order valence-corrected chi connectivity index (χ2v) is 6.30. The molecule has 0 spiro atoms. The standard InChI is InChI=1S/C16H32N2/c1-3-14-8-4-5-10-16(14)18-13-7-6-9-15(18)11-12-17-2/h14-17H,3-13H2,1-2H3. The Morgan fingerprint density at radius 2 is 1.83 bits per heavy atom. The molecule has 2 heteroatoms. The Morgan fingerprint density at radius 3 is 2.61 bits per heavy atom. The molecule has 2 fully saturated rings. The summed E-state index contributed by atoms with van der Waals surface area (Å²) in [6, 6.07) is 1.77. The van der Waals surface area contributed by atoms with Crippen molar-refractivity contribution in [3.8, 4) is 0 Å². The summed E-state index contributed by atoms with van der Waals surface area (Å²) in [6.07, 6.45) is 13.0. The molecule has 1 heterocycles.